The number of methoxy groups -OCH3 is 1. The van der Waals surface area contributed by atoms with Crippen LogP contribution in [0.1, 0.15) is 99.8 Å². The molecule has 1 N–H and O–H groups in total. The molecule has 4 nitrogen and oxygen atoms in total. The molecule has 0 aliphatic heterocycles. The maximum absolute atomic E-state index is 12.2. The molecule has 0 saturated heterocycles. The van der Waals surface area contributed by atoms with Crippen LogP contribution in [0.2, 0.25) is 18.1 Å². The van der Waals surface area contributed by atoms with Crippen molar-refractivity contribution in [2.75, 3.05) is 7.11 Å². The molecule has 5 heteroatoms. The average molecular weight is 547 g/mol. The zero-order chi connectivity index (χ0) is 28.3. The fraction of sp³-hybridized carbons (Fsp3) is 0.909. The Morgan fingerprint density at radius 1 is 1.05 bits per heavy atom. The number of carbonyl (C=O) groups excluding carboxylic acids is 1. The number of fused-ring (bicyclic) bond motifs is 5. The molecule has 4 fully saturated rings. The van der Waals surface area contributed by atoms with E-state index in [0.29, 0.717) is 52.9 Å². The van der Waals surface area contributed by atoms with Gasteiger partial charge in [0.1, 0.15) is 0 Å². The lowest BCUT2D eigenvalue weighted by Gasteiger charge is -2.65. The van der Waals surface area contributed by atoms with Gasteiger partial charge in [-0.1, -0.05) is 61.0 Å². The van der Waals surface area contributed by atoms with Gasteiger partial charge in [-0.2, -0.15) is 0 Å². The van der Waals surface area contributed by atoms with Crippen LogP contribution in [-0.4, -0.2) is 38.7 Å². The van der Waals surface area contributed by atoms with Gasteiger partial charge < -0.3 is 14.3 Å². The van der Waals surface area contributed by atoms with Crippen molar-refractivity contribution in [2.24, 2.45) is 52.3 Å². The van der Waals surface area contributed by atoms with Gasteiger partial charge in [-0.3, -0.25) is 0 Å². The number of ether oxygens (including phenoxy) is 1. The molecule has 0 heterocycles. The Hall–Kier alpha value is -0.653. The fourth-order valence-electron chi connectivity index (χ4n) is 9.98. The number of allylic oxidation sites excluding steroid dienone is 1. The Bertz CT molecular complexity index is 892. The molecule has 38 heavy (non-hydrogen) atoms. The zero-order valence-corrected chi connectivity index (χ0v) is 27.2. The molecule has 4 aliphatic carbocycles. The van der Waals surface area contributed by atoms with Crippen LogP contribution in [0, 0.1) is 52.3 Å². The van der Waals surface area contributed by atoms with Crippen molar-refractivity contribution < 1.29 is 19.1 Å². The quantitative estimate of drug-likeness (QED) is 0.208. The lowest BCUT2D eigenvalue weighted by atomic mass is 9.41. The van der Waals surface area contributed by atoms with Crippen LogP contribution < -0.4 is 0 Å². The predicted molar refractivity (Wildman–Crippen MR) is 158 cm³/mol. The summed E-state index contributed by atoms with van der Waals surface area (Å²) >= 11 is 0. The van der Waals surface area contributed by atoms with E-state index in [0.717, 1.165) is 12.8 Å². The van der Waals surface area contributed by atoms with E-state index in [1.807, 2.05) is 0 Å². The van der Waals surface area contributed by atoms with Gasteiger partial charge in [0, 0.05) is 12.2 Å². The van der Waals surface area contributed by atoms with Crippen molar-refractivity contribution in [3.8, 4) is 0 Å². The molecule has 0 amide bonds. The summed E-state index contributed by atoms with van der Waals surface area (Å²) in [4.78, 5) is 11.8. The summed E-state index contributed by atoms with van der Waals surface area (Å²) in [7, 11) is -0.371. The first-order chi connectivity index (χ1) is 17.6. The SMILES string of the molecule is CC[C@@H]1C2CC(O[Si](C)(C)C(C)(C)C)CC[C@]2(C)C2CC[C@@]3(C)C(CCC3[C@H](C)/C=C/C(=O)OC)[C@@H]2[C@@H]1O. The molecular formula is C33H58O4Si. The van der Waals surface area contributed by atoms with Gasteiger partial charge in [0.25, 0.3) is 0 Å². The minimum Gasteiger partial charge on any atom is -0.466 e. The first-order valence-corrected chi connectivity index (χ1v) is 18.6. The molecule has 0 radical (unpaired) electrons. The van der Waals surface area contributed by atoms with Gasteiger partial charge in [0.05, 0.1) is 13.2 Å². The Morgan fingerprint density at radius 2 is 1.68 bits per heavy atom. The molecular weight excluding hydrogens is 488 g/mol. The Balaban J connectivity index is 1.57. The van der Waals surface area contributed by atoms with E-state index in [4.69, 9.17) is 9.16 Å². The van der Waals surface area contributed by atoms with Gasteiger partial charge in [0.2, 0.25) is 0 Å². The van der Waals surface area contributed by atoms with E-state index in [9.17, 15) is 9.90 Å². The predicted octanol–water partition coefficient (Wildman–Crippen LogP) is 8.01. The summed E-state index contributed by atoms with van der Waals surface area (Å²) in [5.41, 5.74) is 0.528. The van der Waals surface area contributed by atoms with Crippen molar-refractivity contribution in [3.63, 3.8) is 0 Å². The van der Waals surface area contributed by atoms with Gasteiger partial charge >= 0.3 is 5.97 Å². The molecule has 0 aromatic rings. The summed E-state index contributed by atoms with van der Waals surface area (Å²) in [6.45, 7) is 21.5. The smallest absolute Gasteiger partial charge is 0.330 e. The van der Waals surface area contributed by atoms with Gasteiger partial charge in [-0.15, -0.1) is 0 Å². The minimum atomic E-state index is -1.82. The first-order valence-electron chi connectivity index (χ1n) is 15.7. The number of aliphatic hydroxyl groups is 1. The Morgan fingerprint density at radius 3 is 2.29 bits per heavy atom. The van der Waals surface area contributed by atoms with Crippen LogP contribution in [0.4, 0.5) is 0 Å². The van der Waals surface area contributed by atoms with Crippen molar-refractivity contribution in [2.45, 2.75) is 130 Å². The highest BCUT2D eigenvalue weighted by atomic mass is 28.4. The summed E-state index contributed by atoms with van der Waals surface area (Å²) in [6.07, 6.45) is 13.3. The van der Waals surface area contributed by atoms with Crippen LogP contribution in [0.5, 0.6) is 0 Å². The van der Waals surface area contributed by atoms with Crippen LogP contribution in [-0.2, 0) is 14.0 Å². The van der Waals surface area contributed by atoms with Crippen LogP contribution in [0.15, 0.2) is 12.2 Å². The van der Waals surface area contributed by atoms with Crippen molar-refractivity contribution in [1.29, 1.82) is 0 Å². The van der Waals surface area contributed by atoms with E-state index < -0.39 is 8.32 Å². The number of esters is 1. The highest BCUT2D eigenvalue weighted by molar-refractivity contribution is 6.74. The van der Waals surface area contributed by atoms with E-state index in [-0.39, 0.29) is 22.5 Å². The largest absolute Gasteiger partial charge is 0.466 e. The highest BCUT2D eigenvalue weighted by Gasteiger charge is 2.65. The van der Waals surface area contributed by atoms with Crippen LogP contribution in [0.25, 0.3) is 0 Å². The van der Waals surface area contributed by atoms with Gasteiger partial charge in [-0.25, -0.2) is 4.79 Å². The third-order valence-corrected chi connectivity index (χ3v) is 17.6. The molecule has 0 bridgehead atoms. The lowest BCUT2D eigenvalue weighted by Crippen LogP contribution is -2.62. The van der Waals surface area contributed by atoms with E-state index in [2.05, 4.69) is 67.6 Å². The van der Waals surface area contributed by atoms with Gasteiger partial charge in [-0.05, 0) is 115 Å². The number of aliphatic hydroxyl groups excluding tert-OH is 1. The topological polar surface area (TPSA) is 55.8 Å². The van der Waals surface area contributed by atoms with Crippen molar-refractivity contribution in [3.05, 3.63) is 12.2 Å². The highest BCUT2D eigenvalue weighted by Crippen LogP contribution is 2.69. The minimum absolute atomic E-state index is 0.209. The number of hydrogen-bond donors (Lipinski definition) is 1. The van der Waals surface area contributed by atoms with E-state index in [1.54, 1.807) is 6.08 Å². The summed E-state index contributed by atoms with van der Waals surface area (Å²) in [5.74, 6) is 3.14. The fourth-order valence-corrected chi connectivity index (χ4v) is 11.4. The molecule has 0 spiro atoms. The number of carbonyl (C=O) groups is 1. The van der Waals surface area contributed by atoms with E-state index in [1.165, 1.54) is 45.6 Å². The monoisotopic (exact) mass is 546 g/mol. The van der Waals surface area contributed by atoms with E-state index >= 15 is 0 Å². The molecule has 5 unspecified atom stereocenters. The van der Waals surface area contributed by atoms with Crippen LogP contribution >= 0.6 is 0 Å². The zero-order valence-electron chi connectivity index (χ0n) is 26.2. The second kappa shape index (κ2) is 10.6. The molecule has 4 aliphatic rings. The molecule has 0 aromatic heterocycles. The second-order valence-corrected chi connectivity index (χ2v) is 20.5. The summed E-state index contributed by atoms with van der Waals surface area (Å²) in [6, 6.07) is 0. The number of rotatable bonds is 6. The average Bonchev–Trinajstić information content (AvgIpc) is 3.19. The molecule has 11 atom stereocenters. The molecule has 0 aromatic carbocycles. The summed E-state index contributed by atoms with van der Waals surface area (Å²) in [5, 5.41) is 12.4. The van der Waals surface area contributed by atoms with Crippen molar-refractivity contribution >= 4 is 14.3 Å². The maximum atomic E-state index is 12.2. The number of hydrogen-bond acceptors (Lipinski definition) is 4. The second-order valence-electron chi connectivity index (χ2n) is 15.7. The van der Waals surface area contributed by atoms with Crippen LogP contribution in [0.3, 0.4) is 0 Å². The first kappa shape index (κ1) is 30.3. The normalized spacial score (nSPS) is 44.3. The third kappa shape index (κ3) is 5.00. The standard InChI is InChI=1S/C33H58O4Si/c1-11-23-27-20-22(37-38(9,10)31(3,4)5)16-18-33(27,7)26-17-19-32(6)24(21(2)12-15-28(34)36-8)13-14-25(32)29(26)30(23)35/h12,15,21-27,29-30,35H,11,13-14,16-20H2,1-10H3/b15-12+/t21-,22?,23-,24?,25?,26?,27?,29+,30-,32-,33-/m1/s1. The van der Waals surface area contributed by atoms with Crippen molar-refractivity contribution in [1.82, 2.24) is 0 Å². The molecule has 218 valence electrons. The maximum Gasteiger partial charge on any atom is 0.330 e. The molecule has 4 rings (SSSR count). The Kier molecular flexibility index (Phi) is 8.48. The molecule has 4 saturated carbocycles. The summed E-state index contributed by atoms with van der Waals surface area (Å²) < 4.78 is 11.8. The van der Waals surface area contributed by atoms with Gasteiger partial charge in [0.15, 0.2) is 8.32 Å². The lowest BCUT2D eigenvalue weighted by molar-refractivity contribution is -0.202. The Labute approximate surface area is 234 Å². The third-order valence-electron chi connectivity index (χ3n) is 13.1.